The minimum absolute atomic E-state index is 0. The topological polar surface area (TPSA) is 423 Å². The lowest BCUT2D eigenvalue weighted by atomic mass is 9.89. The molecule has 0 aromatic rings. The highest BCUT2D eigenvalue weighted by atomic mass is 16.5. The molecule has 0 unspecified atom stereocenters. The zero-order chi connectivity index (χ0) is 63.6. The maximum absolute atomic E-state index is 12.6. The van der Waals surface area contributed by atoms with Gasteiger partial charge in [0.15, 0.2) is 5.78 Å². The van der Waals surface area contributed by atoms with Gasteiger partial charge in [-0.15, -0.1) is 0 Å². The van der Waals surface area contributed by atoms with Gasteiger partial charge in [0.1, 0.15) is 31.1 Å². The van der Waals surface area contributed by atoms with E-state index in [1.165, 1.54) is 39.0 Å². The summed E-state index contributed by atoms with van der Waals surface area (Å²) in [5.74, 6) is -12.2. The van der Waals surface area contributed by atoms with Gasteiger partial charge in [-0.05, 0) is 51.9 Å². The van der Waals surface area contributed by atoms with Gasteiger partial charge >= 0.3 is 29.8 Å². The summed E-state index contributed by atoms with van der Waals surface area (Å²) in [5.41, 5.74) is 0. The Hall–Kier alpha value is -6.16. The summed E-state index contributed by atoms with van der Waals surface area (Å²) in [7, 11) is 0. The zero-order valence-corrected chi connectivity index (χ0v) is 50.0. The number of ether oxygens (including phenoxy) is 4. The van der Waals surface area contributed by atoms with Crippen molar-refractivity contribution in [3.63, 3.8) is 0 Å². The molecule has 5 amide bonds. The van der Waals surface area contributed by atoms with Crippen LogP contribution in [0.5, 0.6) is 0 Å². The molecule has 0 fully saturated rings. The molecule has 0 aliphatic carbocycles. The van der Waals surface area contributed by atoms with Crippen LogP contribution in [0.25, 0.3) is 0 Å². The number of carboxylic acid groups (broad SMARTS) is 5. The fourth-order valence-electron chi connectivity index (χ4n) is 8.62. The molecule has 0 aliphatic rings. The van der Waals surface area contributed by atoms with E-state index < -0.39 is 115 Å². The first-order valence-corrected chi connectivity index (χ1v) is 30.1. The van der Waals surface area contributed by atoms with Crippen LogP contribution in [-0.4, -0.2) is 192 Å². The van der Waals surface area contributed by atoms with Gasteiger partial charge < -0.3 is 76.2 Å². The molecule has 11 N–H and O–H groups in total. The number of aliphatic carboxylic acids is 5. The van der Waals surface area contributed by atoms with E-state index in [2.05, 4.69) is 26.6 Å². The van der Waals surface area contributed by atoms with Crippen molar-refractivity contribution in [2.24, 2.45) is 17.8 Å². The summed E-state index contributed by atoms with van der Waals surface area (Å²) < 4.78 is 21.3. The molecule has 0 aromatic heterocycles. The standard InChI is InChI=1S/C58H99N5O22.2H2/c1-41(48(66)38-45(42(2)64)56(76)77)19-17-18-28-59-49(67)26-23-47(58(80)81)63-52(70)25-22-43(55(74)75)37-44(65)39-84-35-33-83-32-30-61-53(71)40-85-36-34-82-31-29-60-50(68)27-24-46(57(78)79)62-51(69)20-15-13-11-9-7-5-3-4-6-8-10-12-14-16-21-54(72)73;;/h41-43,45-47,64H,3-40H2,1-2H3,(H,59,67)(H,60,68)(H,61,71)(H,62,69)(H,63,70)(H,72,73)(H,74,75)(H,76,77)(H,78,79)(H,80,81);2*1H/t41-,42+,43+,45-,46-,47-;;/m0../s1. The van der Waals surface area contributed by atoms with Crippen molar-refractivity contribution in [3.8, 4) is 0 Å². The molecule has 0 saturated carbocycles. The number of carbonyl (C=O) groups is 12. The Morgan fingerprint density at radius 2 is 0.812 bits per heavy atom. The maximum Gasteiger partial charge on any atom is 0.326 e. The van der Waals surface area contributed by atoms with Gasteiger partial charge in [0, 0.05) is 73.4 Å². The third kappa shape index (κ3) is 46.8. The minimum atomic E-state index is -1.44. The highest BCUT2D eigenvalue weighted by Gasteiger charge is 2.29. The monoisotopic (exact) mass is 1220 g/mol. The number of Topliss-reactive ketones (excluding diaryl/α,β-unsaturated/α-hetero) is 2. The molecule has 0 heterocycles. The number of amides is 5. The first kappa shape index (κ1) is 78.8. The Bertz CT molecular complexity index is 2000. The number of ketones is 2. The van der Waals surface area contributed by atoms with Crippen LogP contribution in [0.15, 0.2) is 0 Å². The van der Waals surface area contributed by atoms with E-state index in [1.54, 1.807) is 6.92 Å². The number of carbonyl (C=O) groups excluding carboxylic acids is 7. The van der Waals surface area contributed by atoms with Crippen molar-refractivity contribution in [2.75, 3.05) is 72.5 Å². The molecule has 492 valence electrons. The third-order valence-corrected chi connectivity index (χ3v) is 13.8. The summed E-state index contributed by atoms with van der Waals surface area (Å²) in [6.45, 7) is 3.28. The fourth-order valence-corrected chi connectivity index (χ4v) is 8.62. The molecule has 0 rings (SSSR count). The van der Waals surface area contributed by atoms with Gasteiger partial charge in [0.2, 0.25) is 29.5 Å². The number of aliphatic hydroxyl groups excluding tert-OH is 1. The quantitative estimate of drug-likeness (QED) is 0.0380. The van der Waals surface area contributed by atoms with E-state index in [1.807, 2.05) is 0 Å². The number of nitrogens with one attached hydrogen (secondary N) is 5. The summed E-state index contributed by atoms with van der Waals surface area (Å²) in [6, 6.07) is -2.63. The summed E-state index contributed by atoms with van der Waals surface area (Å²) in [4.78, 5) is 144. The molecule has 0 aliphatic heterocycles. The molecule has 27 nitrogen and oxygen atoms in total. The number of carboxylic acids is 5. The molecule has 27 heteroatoms. The normalized spacial score (nSPS) is 13.3. The van der Waals surface area contributed by atoms with E-state index in [0.29, 0.717) is 25.7 Å². The first-order valence-electron chi connectivity index (χ1n) is 30.1. The van der Waals surface area contributed by atoms with E-state index in [-0.39, 0.29) is 132 Å². The van der Waals surface area contributed by atoms with Gasteiger partial charge in [-0.25, -0.2) is 9.59 Å². The fraction of sp³-hybridized carbons (Fsp3) is 0.793. The second-order valence-electron chi connectivity index (χ2n) is 21.3. The van der Waals surface area contributed by atoms with Crippen molar-refractivity contribution in [3.05, 3.63) is 0 Å². The molecular formula is C58H103N5O22. The smallest absolute Gasteiger partial charge is 0.326 e. The number of unbranched alkanes of at least 4 members (excludes halogenated alkanes) is 14. The van der Waals surface area contributed by atoms with Crippen LogP contribution < -0.4 is 26.6 Å². The number of rotatable bonds is 59. The average Bonchev–Trinajstić information content (AvgIpc) is 3.66. The van der Waals surface area contributed by atoms with Gasteiger partial charge in [-0.3, -0.25) is 47.9 Å². The van der Waals surface area contributed by atoms with Gasteiger partial charge in [-0.2, -0.15) is 0 Å². The van der Waals surface area contributed by atoms with Crippen LogP contribution in [0, 0.1) is 17.8 Å². The van der Waals surface area contributed by atoms with E-state index in [4.69, 9.17) is 24.1 Å². The third-order valence-electron chi connectivity index (χ3n) is 13.8. The molecular weight excluding hydrogens is 1120 g/mol. The van der Waals surface area contributed by atoms with Gasteiger partial charge in [0.25, 0.3) is 0 Å². The maximum atomic E-state index is 12.6. The largest absolute Gasteiger partial charge is 0.481 e. The lowest BCUT2D eigenvalue weighted by molar-refractivity contribution is -0.148. The zero-order valence-electron chi connectivity index (χ0n) is 50.0. The predicted octanol–water partition coefficient (Wildman–Crippen LogP) is 4.21. The van der Waals surface area contributed by atoms with Crippen molar-refractivity contribution < 1.29 is 110 Å². The molecule has 0 spiro atoms. The van der Waals surface area contributed by atoms with E-state index in [0.717, 1.165) is 51.4 Å². The second kappa shape index (κ2) is 51.1. The highest BCUT2D eigenvalue weighted by Crippen LogP contribution is 2.19. The Morgan fingerprint density at radius 1 is 0.388 bits per heavy atom. The van der Waals surface area contributed by atoms with Crippen molar-refractivity contribution in [2.45, 2.75) is 205 Å². The van der Waals surface area contributed by atoms with Crippen LogP contribution >= 0.6 is 0 Å². The lowest BCUT2D eigenvalue weighted by Gasteiger charge is -2.17. The molecule has 85 heavy (non-hydrogen) atoms. The summed E-state index contributed by atoms with van der Waals surface area (Å²) in [6.07, 6.45) is 13.3. The molecule has 0 saturated heterocycles. The number of hydrogen-bond donors (Lipinski definition) is 11. The SMILES string of the molecule is C[C@@H](CCCCNC(=O)CC[C@H](NC(=O)CC[C@H](CC(=O)COCCOCCNC(=O)COCCOCCNC(=O)CC[C@H](NC(=O)CCCCCCCCCCCCCCCCC(=O)O)C(=O)O)C(=O)O)C(=O)O)C(=O)C[C@H](C(=O)O)[C@@H](C)O.[HH].[HH]. The van der Waals surface area contributed by atoms with E-state index in [9.17, 15) is 83.1 Å². The average molecular weight is 1220 g/mol. The Morgan fingerprint density at radius 3 is 1.27 bits per heavy atom. The Kier molecular flexibility index (Phi) is 47.4. The lowest BCUT2D eigenvalue weighted by Crippen LogP contribution is -2.42. The molecule has 0 bridgehead atoms. The van der Waals surface area contributed by atoms with Crippen LogP contribution in [0.3, 0.4) is 0 Å². The molecule has 0 aromatic carbocycles. The number of aliphatic hydroxyl groups is 1. The second-order valence-corrected chi connectivity index (χ2v) is 21.3. The number of hydrogen-bond acceptors (Lipinski definition) is 17. The highest BCUT2D eigenvalue weighted by molar-refractivity contribution is 5.88. The minimum Gasteiger partial charge on any atom is -0.481 e. The molecule has 0 radical (unpaired) electrons. The van der Waals surface area contributed by atoms with Gasteiger partial charge in [0.05, 0.1) is 57.6 Å². The van der Waals surface area contributed by atoms with Crippen LogP contribution in [0.4, 0.5) is 0 Å². The van der Waals surface area contributed by atoms with Crippen molar-refractivity contribution >= 4 is 70.9 Å². The van der Waals surface area contributed by atoms with E-state index >= 15 is 0 Å². The summed E-state index contributed by atoms with van der Waals surface area (Å²) in [5, 5.41) is 68.9. The van der Waals surface area contributed by atoms with Gasteiger partial charge in [-0.1, -0.05) is 90.4 Å². The Balaban J connectivity index is -0.0000353. The first-order chi connectivity index (χ1) is 40.5. The summed E-state index contributed by atoms with van der Waals surface area (Å²) >= 11 is 0. The van der Waals surface area contributed by atoms with Crippen LogP contribution in [0.2, 0.25) is 0 Å². The Labute approximate surface area is 501 Å². The van der Waals surface area contributed by atoms with Crippen molar-refractivity contribution in [1.29, 1.82) is 0 Å². The molecule has 6 atom stereocenters. The van der Waals surface area contributed by atoms with Crippen molar-refractivity contribution in [1.82, 2.24) is 26.6 Å². The van der Waals surface area contributed by atoms with Crippen LogP contribution in [-0.2, 0) is 76.5 Å². The van der Waals surface area contributed by atoms with Crippen LogP contribution in [0.1, 0.15) is 190 Å². The predicted molar refractivity (Wildman–Crippen MR) is 311 cm³/mol.